The van der Waals surface area contributed by atoms with E-state index in [1.807, 2.05) is 13.8 Å². The first-order valence-corrected chi connectivity index (χ1v) is 7.98. The van der Waals surface area contributed by atoms with Crippen molar-refractivity contribution < 1.29 is 19.5 Å². The molecular weight excluding hydrogens is 286 g/mol. The van der Waals surface area contributed by atoms with E-state index in [0.717, 1.165) is 12.8 Å². The molecule has 0 aromatic carbocycles. The number of carbonyl (C=O) groups is 3. The van der Waals surface area contributed by atoms with Crippen molar-refractivity contribution >= 4 is 17.9 Å². The highest BCUT2D eigenvalue weighted by Gasteiger charge is 2.48. The molecule has 7 nitrogen and oxygen atoms in total. The molecule has 2 rings (SSSR count). The zero-order valence-corrected chi connectivity index (χ0v) is 13.2. The van der Waals surface area contributed by atoms with E-state index in [1.54, 1.807) is 4.90 Å². The summed E-state index contributed by atoms with van der Waals surface area (Å²) in [6.45, 7) is 4.84. The molecule has 3 amide bonds. The zero-order valence-electron chi connectivity index (χ0n) is 13.2. The van der Waals surface area contributed by atoms with Crippen LogP contribution in [-0.2, 0) is 9.59 Å². The molecule has 1 heterocycles. The van der Waals surface area contributed by atoms with Gasteiger partial charge in [-0.3, -0.25) is 9.59 Å². The van der Waals surface area contributed by atoms with Gasteiger partial charge in [0, 0.05) is 19.6 Å². The fourth-order valence-electron chi connectivity index (χ4n) is 3.55. The van der Waals surface area contributed by atoms with Crippen molar-refractivity contribution in [3.63, 3.8) is 0 Å². The Hall–Kier alpha value is -1.79. The minimum atomic E-state index is -0.869. The smallest absolute Gasteiger partial charge is 0.315 e. The second kappa shape index (κ2) is 6.54. The van der Waals surface area contributed by atoms with E-state index in [1.165, 1.54) is 0 Å². The van der Waals surface area contributed by atoms with Crippen LogP contribution < -0.4 is 10.6 Å². The van der Waals surface area contributed by atoms with E-state index in [4.69, 9.17) is 0 Å². The van der Waals surface area contributed by atoms with Crippen LogP contribution in [0.5, 0.6) is 0 Å². The lowest BCUT2D eigenvalue weighted by Gasteiger charge is -2.33. The Morgan fingerprint density at radius 2 is 1.86 bits per heavy atom. The molecule has 0 aromatic rings. The Kier molecular flexibility index (Phi) is 4.93. The molecule has 3 N–H and O–H groups in total. The third-order valence-electron chi connectivity index (χ3n) is 4.77. The highest BCUT2D eigenvalue weighted by Crippen LogP contribution is 2.34. The number of amides is 3. The van der Waals surface area contributed by atoms with E-state index < -0.39 is 17.4 Å². The molecule has 0 unspecified atom stereocenters. The maximum atomic E-state index is 12.9. The van der Waals surface area contributed by atoms with Crippen LogP contribution in [0, 0.1) is 11.8 Å². The molecule has 2 aliphatic rings. The quantitative estimate of drug-likeness (QED) is 0.715. The van der Waals surface area contributed by atoms with Gasteiger partial charge in [0.2, 0.25) is 5.91 Å². The van der Waals surface area contributed by atoms with Gasteiger partial charge >= 0.3 is 12.0 Å². The van der Waals surface area contributed by atoms with Crippen LogP contribution in [-0.4, -0.2) is 53.1 Å². The van der Waals surface area contributed by atoms with Crippen LogP contribution in [0.4, 0.5) is 4.79 Å². The Morgan fingerprint density at radius 3 is 2.36 bits per heavy atom. The number of carboxylic acids is 1. The maximum Gasteiger partial charge on any atom is 0.315 e. The molecule has 22 heavy (non-hydrogen) atoms. The van der Waals surface area contributed by atoms with Crippen molar-refractivity contribution in [2.75, 3.05) is 19.6 Å². The van der Waals surface area contributed by atoms with Gasteiger partial charge in [-0.2, -0.15) is 0 Å². The Bertz CT molecular complexity index is 460. The zero-order chi connectivity index (χ0) is 16.3. The van der Waals surface area contributed by atoms with Crippen LogP contribution in [0.15, 0.2) is 0 Å². The summed E-state index contributed by atoms with van der Waals surface area (Å²) in [6, 6.07) is -0.334. The van der Waals surface area contributed by atoms with Gasteiger partial charge in [0.25, 0.3) is 0 Å². The number of aliphatic carboxylic acids is 1. The summed E-state index contributed by atoms with van der Waals surface area (Å²) in [4.78, 5) is 37.6. The van der Waals surface area contributed by atoms with E-state index in [-0.39, 0.29) is 24.4 Å². The molecule has 1 saturated heterocycles. The first-order chi connectivity index (χ1) is 10.4. The van der Waals surface area contributed by atoms with E-state index in [0.29, 0.717) is 25.9 Å². The summed E-state index contributed by atoms with van der Waals surface area (Å²) in [5.41, 5.74) is -0.869. The van der Waals surface area contributed by atoms with Gasteiger partial charge in [0.05, 0.1) is 5.92 Å². The second-order valence-corrected chi connectivity index (χ2v) is 6.41. The summed E-state index contributed by atoms with van der Waals surface area (Å²) in [5.74, 6) is -1.58. The van der Waals surface area contributed by atoms with Gasteiger partial charge in [0.1, 0.15) is 5.54 Å². The third kappa shape index (κ3) is 3.18. The number of nitrogens with zero attached hydrogens (tertiary/aromatic N) is 1. The molecule has 1 saturated carbocycles. The molecule has 124 valence electrons. The number of likely N-dealkylation sites (tertiary alicyclic amines) is 1. The van der Waals surface area contributed by atoms with E-state index >= 15 is 0 Å². The Labute approximate surface area is 130 Å². The Morgan fingerprint density at radius 1 is 1.23 bits per heavy atom. The van der Waals surface area contributed by atoms with E-state index in [9.17, 15) is 19.5 Å². The SMILES string of the molecule is CCNC(=O)NC1(C(=O)N2C[C@@H](C)[C@H](C(=O)O)C2)CCCC1. The first-order valence-electron chi connectivity index (χ1n) is 7.98. The predicted molar refractivity (Wildman–Crippen MR) is 80.3 cm³/mol. The Balaban J connectivity index is 2.10. The molecule has 7 heteroatoms. The summed E-state index contributed by atoms with van der Waals surface area (Å²) in [7, 11) is 0. The minimum Gasteiger partial charge on any atom is -0.481 e. The lowest BCUT2D eigenvalue weighted by atomic mass is 9.95. The molecule has 0 spiro atoms. The summed E-state index contributed by atoms with van der Waals surface area (Å²) >= 11 is 0. The molecule has 0 bridgehead atoms. The maximum absolute atomic E-state index is 12.9. The molecule has 0 aromatic heterocycles. The second-order valence-electron chi connectivity index (χ2n) is 6.41. The average molecular weight is 311 g/mol. The lowest BCUT2D eigenvalue weighted by molar-refractivity contribution is -0.142. The standard InChI is InChI=1S/C15H25N3O4/c1-3-16-14(22)17-15(6-4-5-7-15)13(21)18-8-10(2)11(9-18)12(19)20/h10-11H,3-9H2,1-2H3,(H,19,20)(H2,16,17,22)/t10-,11-/m1/s1. The van der Waals surface area contributed by atoms with Crippen molar-refractivity contribution in [2.45, 2.75) is 45.1 Å². The third-order valence-corrected chi connectivity index (χ3v) is 4.77. The normalized spacial score (nSPS) is 26.7. The molecule has 2 fully saturated rings. The largest absolute Gasteiger partial charge is 0.481 e. The minimum absolute atomic E-state index is 0.0654. The summed E-state index contributed by atoms with van der Waals surface area (Å²) in [6.07, 6.45) is 3.02. The van der Waals surface area contributed by atoms with Crippen molar-refractivity contribution in [3.8, 4) is 0 Å². The van der Waals surface area contributed by atoms with Crippen LogP contribution in [0.2, 0.25) is 0 Å². The van der Waals surface area contributed by atoms with Gasteiger partial charge in [0.15, 0.2) is 0 Å². The van der Waals surface area contributed by atoms with Gasteiger partial charge in [-0.1, -0.05) is 19.8 Å². The average Bonchev–Trinajstić information content (AvgIpc) is 3.05. The molecule has 0 radical (unpaired) electrons. The summed E-state index contributed by atoms with van der Waals surface area (Å²) < 4.78 is 0. The van der Waals surface area contributed by atoms with Crippen LogP contribution in [0.3, 0.4) is 0 Å². The number of carbonyl (C=O) groups excluding carboxylic acids is 2. The van der Waals surface area contributed by atoms with Crippen LogP contribution in [0.25, 0.3) is 0 Å². The van der Waals surface area contributed by atoms with Gasteiger partial charge < -0.3 is 20.6 Å². The molecular formula is C15H25N3O4. The topological polar surface area (TPSA) is 98.7 Å². The van der Waals surface area contributed by atoms with Gasteiger partial charge in [-0.25, -0.2) is 4.79 Å². The van der Waals surface area contributed by atoms with Gasteiger partial charge in [-0.15, -0.1) is 0 Å². The number of hydrogen-bond donors (Lipinski definition) is 3. The highest BCUT2D eigenvalue weighted by molar-refractivity contribution is 5.92. The van der Waals surface area contributed by atoms with Gasteiger partial charge in [-0.05, 0) is 25.7 Å². The monoisotopic (exact) mass is 311 g/mol. The number of rotatable bonds is 4. The first kappa shape index (κ1) is 16.6. The molecule has 2 atom stereocenters. The van der Waals surface area contributed by atoms with Crippen LogP contribution >= 0.6 is 0 Å². The van der Waals surface area contributed by atoms with Crippen molar-refractivity contribution in [3.05, 3.63) is 0 Å². The fourth-order valence-corrected chi connectivity index (χ4v) is 3.55. The number of carboxylic acid groups (broad SMARTS) is 1. The predicted octanol–water partition coefficient (Wildman–Crippen LogP) is 0.797. The number of hydrogen-bond acceptors (Lipinski definition) is 3. The van der Waals surface area contributed by atoms with Crippen molar-refractivity contribution in [1.29, 1.82) is 0 Å². The highest BCUT2D eigenvalue weighted by atomic mass is 16.4. The molecule has 1 aliphatic heterocycles. The summed E-state index contributed by atoms with van der Waals surface area (Å²) in [5, 5.41) is 14.7. The fraction of sp³-hybridized carbons (Fsp3) is 0.800. The van der Waals surface area contributed by atoms with Crippen molar-refractivity contribution in [1.82, 2.24) is 15.5 Å². The molecule has 1 aliphatic carbocycles. The number of urea groups is 1. The van der Waals surface area contributed by atoms with Crippen LogP contribution in [0.1, 0.15) is 39.5 Å². The number of nitrogens with one attached hydrogen (secondary N) is 2. The lowest BCUT2D eigenvalue weighted by Crippen LogP contribution is -2.59. The van der Waals surface area contributed by atoms with E-state index in [2.05, 4.69) is 10.6 Å². The van der Waals surface area contributed by atoms with Crippen molar-refractivity contribution in [2.24, 2.45) is 11.8 Å².